The van der Waals surface area contributed by atoms with E-state index in [4.69, 9.17) is 4.43 Å². The van der Waals surface area contributed by atoms with Crippen molar-refractivity contribution in [2.45, 2.75) is 96.6 Å². The number of fused-ring (bicyclic) bond motifs is 1. The minimum Gasteiger partial charge on any atom is -0.465 e. The van der Waals surface area contributed by atoms with Crippen molar-refractivity contribution >= 4 is 14.4 Å². The Labute approximate surface area is 177 Å². The molecule has 0 aromatic heterocycles. The molecule has 0 bridgehead atoms. The SMILES string of the molecule is C[C@H]1c2cccc(CCC(C)(C)O)c2C[C@H](CO[Si](C)(C)C(C)(C)C)N1C(=O)O. The smallest absolute Gasteiger partial charge is 0.408 e. The van der Waals surface area contributed by atoms with Crippen LogP contribution >= 0.6 is 0 Å². The maximum Gasteiger partial charge on any atom is 0.408 e. The Kier molecular flexibility index (Phi) is 6.92. The fraction of sp³-hybridized carbons (Fsp3) is 0.696. The Balaban J connectivity index is 2.33. The van der Waals surface area contributed by atoms with Gasteiger partial charge in [-0.05, 0) is 74.9 Å². The topological polar surface area (TPSA) is 70.0 Å². The summed E-state index contributed by atoms with van der Waals surface area (Å²) in [6, 6.07) is 5.73. The van der Waals surface area contributed by atoms with Crippen LogP contribution in [0.2, 0.25) is 18.1 Å². The lowest BCUT2D eigenvalue weighted by molar-refractivity contribution is 0.0689. The predicted molar refractivity (Wildman–Crippen MR) is 120 cm³/mol. The third-order valence-electron chi connectivity index (χ3n) is 6.68. The summed E-state index contributed by atoms with van der Waals surface area (Å²) in [4.78, 5) is 13.7. The first-order chi connectivity index (χ1) is 13.1. The van der Waals surface area contributed by atoms with Gasteiger partial charge in [0.15, 0.2) is 8.32 Å². The van der Waals surface area contributed by atoms with E-state index in [0.29, 0.717) is 19.4 Å². The van der Waals surface area contributed by atoms with E-state index < -0.39 is 20.0 Å². The van der Waals surface area contributed by atoms with Gasteiger partial charge in [0, 0.05) is 0 Å². The Hall–Kier alpha value is -1.37. The molecule has 0 saturated carbocycles. The number of benzene rings is 1. The highest BCUT2D eigenvalue weighted by atomic mass is 28.4. The van der Waals surface area contributed by atoms with Crippen molar-refractivity contribution in [1.82, 2.24) is 4.90 Å². The molecule has 0 unspecified atom stereocenters. The molecule has 1 aromatic rings. The van der Waals surface area contributed by atoms with Crippen LogP contribution in [0.4, 0.5) is 4.79 Å². The van der Waals surface area contributed by atoms with Crippen molar-refractivity contribution in [3.05, 3.63) is 34.9 Å². The van der Waals surface area contributed by atoms with E-state index in [1.54, 1.807) is 4.90 Å². The van der Waals surface area contributed by atoms with Gasteiger partial charge in [-0.3, -0.25) is 4.90 Å². The number of carboxylic acid groups (broad SMARTS) is 1. The number of rotatable bonds is 6. The number of hydrogen-bond donors (Lipinski definition) is 2. The Morgan fingerprint density at radius 3 is 2.38 bits per heavy atom. The van der Waals surface area contributed by atoms with E-state index in [1.165, 1.54) is 11.1 Å². The first-order valence-corrected chi connectivity index (χ1v) is 13.5. The largest absolute Gasteiger partial charge is 0.465 e. The van der Waals surface area contributed by atoms with Crippen LogP contribution in [0.1, 0.15) is 70.7 Å². The van der Waals surface area contributed by atoms with Crippen molar-refractivity contribution in [2.24, 2.45) is 0 Å². The van der Waals surface area contributed by atoms with Crippen molar-refractivity contribution in [3.8, 4) is 0 Å². The Morgan fingerprint density at radius 1 is 1.24 bits per heavy atom. The van der Waals surface area contributed by atoms with Gasteiger partial charge in [0.05, 0.1) is 24.3 Å². The van der Waals surface area contributed by atoms with Crippen LogP contribution in [0.15, 0.2) is 18.2 Å². The summed E-state index contributed by atoms with van der Waals surface area (Å²) < 4.78 is 6.43. The molecule has 1 aromatic carbocycles. The van der Waals surface area contributed by atoms with E-state index >= 15 is 0 Å². The second kappa shape index (κ2) is 8.40. The molecule has 6 heteroatoms. The average Bonchev–Trinajstić information content (AvgIpc) is 2.56. The van der Waals surface area contributed by atoms with Crippen molar-refractivity contribution in [2.75, 3.05) is 6.61 Å². The number of aliphatic hydroxyl groups is 1. The minimum absolute atomic E-state index is 0.0805. The van der Waals surface area contributed by atoms with Crippen LogP contribution in [0.5, 0.6) is 0 Å². The molecule has 29 heavy (non-hydrogen) atoms. The second-order valence-corrected chi connectivity index (χ2v) is 15.4. The van der Waals surface area contributed by atoms with Gasteiger partial charge in [-0.1, -0.05) is 39.0 Å². The number of amides is 1. The fourth-order valence-electron chi connectivity index (χ4n) is 3.75. The fourth-order valence-corrected chi connectivity index (χ4v) is 4.79. The van der Waals surface area contributed by atoms with Crippen LogP contribution < -0.4 is 0 Å². The maximum atomic E-state index is 12.1. The second-order valence-electron chi connectivity index (χ2n) is 10.6. The Bertz CT molecular complexity index is 733. The predicted octanol–water partition coefficient (Wildman–Crippen LogP) is 5.38. The molecule has 2 N–H and O–H groups in total. The molecule has 0 saturated heterocycles. The molecule has 0 radical (unpaired) electrons. The zero-order chi connectivity index (χ0) is 22.2. The van der Waals surface area contributed by atoms with E-state index in [9.17, 15) is 15.0 Å². The molecule has 0 aliphatic carbocycles. The van der Waals surface area contributed by atoms with Crippen LogP contribution in [-0.4, -0.2) is 47.8 Å². The molecule has 2 atom stereocenters. The lowest BCUT2D eigenvalue weighted by Crippen LogP contribution is -2.51. The average molecular weight is 422 g/mol. The molecule has 1 amide bonds. The molecule has 1 aliphatic heterocycles. The van der Waals surface area contributed by atoms with Crippen LogP contribution in [-0.2, 0) is 17.3 Å². The summed E-state index contributed by atoms with van der Waals surface area (Å²) in [5.41, 5.74) is 2.79. The number of nitrogens with zero attached hydrogens (tertiary/aromatic N) is 1. The highest BCUT2D eigenvalue weighted by Gasteiger charge is 2.41. The third kappa shape index (κ3) is 5.62. The zero-order valence-corrected chi connectivity index (χ0v) is 20.4. The number of hydrogen-bond acceptors (Lipinski definition) is 3. The first-order valence-electron chi connectivity index (χ1n) is 10.6. The van der Waals surface area contributed by atoms with Gasteiger partial charge >= 0.3 is 6.09 Å². The van der Waals surface area contributed by atoms with Crippen LogP contribution in [0, 0.1) is 0 Å². The summed E-state index contributed by atoms with van der Waals surface area (Å²) in [5, 5.41) is 20.2. The molecule has 164 valence electrons. The summed E-state index contributed by atoms with van der Waals surface area (Å²) in [6.07, 6.45) is 1.21. The number of carbonyl (C=O) groups is 1. The summed E-state index contributed by atoms with van der Waals surface area (Å²) >= 11 is 0. The van der Waals surface area contributed by atoms with Crippen molar-refractivity contribution < 1.29 is 19.4 Å². The quantitative estimate of drug-likeness (QED) is 0.605. The summed E-state index contributed by atoms with van der Waals surface area (Å²) in [7, 11) is -1.97. The van der Waals surface area contributed by atoms with Crippen LogP contribution in [0.3, 0.4) is 0 Å². The molecule has 0 fully saturated rings. The lowest BCUT2D eigenvalue weighted by atomic mass is 9.84. The first kappa shape index (κ1) is 23.9. The van der Waals surface area contributed by atoms with E-state index in [0.717, 1.165) is 12.0 Å². The molecule has 0 spiro atoms. The molecular weight excluding hydrogens is 382 g/mol. The lowest BCUT2D eigenvalue weighted by Gasteiger charge is -2.43. The normalized spacial score (nSPS) is 20.5. The molecule has 1 aliphatic rings. The molecule has 1 heterocycles. The van der Waals surface area contributed by atoms with Crippen molar-refractivity contribution in [1.29, 1.82) is 0 Å². The van der Waals surface area contributed by atoms with Crippen molar-refractivity contribution in [3.63, 3.8) is 0 Å². The molecular formula is C23H39NO4Si. The minimum atomic E-state index is -1.97. The van der Waals surface area contributed by atoms with Gasteiger partial charge in [0.25, 0.3) is 0 Å². The third-order valence-corrected chi connectivity index (χ3v) is 11.2. The number of aryl methyl sites for hydroxylation is 1. The van der Waals surface area contributed by atoms with Gasteiger partial charge in [-0.25, -0.2) is 4.79 Å². The summed E-state index contributed by atoms with van der Waals surface area (Å²) in [5.74, 6) is 0. The molecule has 2 rings (SSSR count). The van der Waals surface area contributed by atoms with Gasteiger partial charge in [-0.2, -0.15) is 0 Å². The highest BCUT2D eigenvalue weighted by Crippen LogP contribution is 2.39. The van der Waals surface area contributed by atoms with Gasteiger partial charge in [0.2, 0.25) is 0 Å². The standard InChI is InChI=1S/C23H39NO4Si/c1-16-19-11-9-10-17(12-13-23(5,6)27)20(19)14-18(24(16)21(25)26)15-28-29(7,8)22(2,3)4/h9-11,16,18,27H,12-15H2,1-8H3,(H,25,26)/t16-,18+/m0/s1. The van der Waals surface area contributed by atoms with E-state index in [1.807, 2.05) is 32.9 Å². The molecule has 5 nitrogen and oxygen atoms in total. The summed E-state index contributed by atoms with van der Waals surface area (Å²) in [6.45, 7) is 17.0. The van der Waals surface area contributed by atoms with Gasteiger partial charge in [-0.15, -0.1) is 0 Å². The zero-order valence-electron chi connectivity index (χ0n) is 19.4. The van der Waals surface area contributed by atoms with Crippen LogP contribution in [0.25, 0.3) is 0 Å². The maximum absolute atomic E-state index is 12.1. The monoisotopic (exact) mass is 421 g/mol. The van der Waals surface area contributed by atoms with Gasteiger partial charge in [0.1, 0.15) is 0 Å². The highest BCUT2D eigenvalue weighted by molar-refractivity contribution is 6.74. The van der Waals surface area contributed by atoms with E-state index in [2.05, 4.69) is 39.9 Å². The van der Waals surface area contributed by atoms with Gasteiger partial charge < -0.3 is 14.6 Å². The Morgan fingerprint density at radius 2 is 1.86 bits per heavy atom. The van der Waals surface area contributed by atoms with E-state index in [-0.39, 0.29) is 17.1 Å².